The molecule has 1 atom stereocenters. The lowest BCUT2D eigenvalue weighted by Gasteiger charge is -2.29. The zero-order valence-electron chi connectivity index (χ0n) is 22.2. The molecule has 0 fully saturated rings. The average Bonchev–Trinajstić information content (AvgIpc) is 2.95. The van der Waals surface area contributed by atoms with Gasteiger partial charge in [-0.25, -0.2) is 4.79 Å². The Kier molecular flexibility index (Phi) is 9.53. The summed E-state index contributed by atoms with van der Waals surface area (Å²) < 4.78 is 5.00. The Bertz CT molecular complexity index is 1480. The van der Waals surface area contributed by atoms with Crippen LogP contribution in [0, 0.1) is 10.1 Å². The lowest BCUT2D eigenvalue weighted by Crippen LogP contribution is -2.37. The van der Waals surface area contributed by atoms with E-state index in [1.54, 1.807) is 31.2 Å². The first-order valence-electron chi connectivity index (χ1n) is 12.8. The van der Waals surface area contributed by atoms with E-state index >= 15 is 0 Å². The molecular formula is C31H29N3O5S. The van der Waals surface area contributed by atoms with E-state index in [0.29, 0.717) is 12.3 Å². The molecule has 9 heteroatoms. The number of hydrogen-bond donors (Lipinski definition) is 1. The molecule has 1 N–H and O–H groups in total. The molecule has 4 rings (SSSR count). The summed E-state index contributed by atoms with van der Waals surface area (Å²) in [6.07, 6.45) is 0.220. The summed E-state index contributed by atoms with van der Waals surface area (Å²) in [5.74, 6) is -0.261. The number of urea groups is 1. The number of amides is 2. The van der Waals surface area contributed by atoms with Gasteiger partial charge in [0.15, 0.2) is 0 Å². The summed E-state index contributed by atoms with van der Waals surface area (Å²) in [6.45, 7) is 3.97. The maximum Gasteiger partial charge on any atom is 0.327 e. The zero-order chi connectivity index (χ0) is 28.5. The number of nitrogens with zero attached hydrogens (tertiary/aromatic N) is 2. The molecule has 0 saturated carbocycles. The molecule has 40 heavy (non-hydrogen) atoms. The number of para-hydroxylation sites is 2. The number of nitro groups is 1. The zero-order valence-corrected chi connectivity index (χ0v) is 23.0. The van der Waals surface area contributed by atoms with Gasteiger partial charge in [-0.3, -0.25) is 19.8 Å². The molecule has 2 amide bonds. The highest BCUT2D eigenvalue weighted by Crippen LogP contribution is 2.35. The topological polar surface area (TPSA) is 102 Å². The Balaban J connectivity index is 1.54. The Labute approximate surface area is 237 Å². The van der Waals surface area contributed by atoms with Crippen LogP contribution in [0.15, 0.2) is 113 Å². The highest BCUT2D eigenvalue weighted by atomic mass is 32.2. The van der Waals surface area contributed by atoms with Crippen molar-refractivity contribution in [3.63, 3.8) is 0 Å². The molecule has 0 aliphatic heterocycles. The van der Waals surface area contributed by atoms with Gasteiger partial charge in [-0.2, -0.15) is 0 Å². The maximum atomic E-state index is 13.7. The van der Waals surface area contributed by atoms with Gasteiger partial charge in [-0.05, 0) is 61.4 Å². The number of nitrogens with one attached hydrogen (secondary N) is 1. The summed E-state index contributed by atoms with van der Waals surface area (Å²) in [4.78, 5) is 40.0. The van der Waals surface area contributed by atoms with Crippen molar-refractivity contribution in [1.82, 2.24) is 0 Å². The molecule has 0 aromatic heterocycles. The van der Waals surface area contributed by atoms with Gasteiger partial charge in [-0.1, -0.05) is 72.4 Å². The van der Waals surface area contributed by atoms with Crippen LogP contribution in [0.3, 0.4) is 0 Å². The number of rotatable bonds is 10. The molecule has 4 aromatic rings. The minimum atomic E-state index is -0.490. The monoisotopic (exact) mass is 555 g/mol. The van der Waals surface area contributed by atoms with Gasteiger partial charge in [0.1, 0.15) is 5.69 Å². The number of hydrogen-bond acceptors (Lipinski definition) is 6. The van der Waals surface area contributed by atoms with Crippen molar-refractivity contribution in [2.75, 3.05) is 16.8 Å². The van der Waals surface area contributed by atoms with Crippen LogP contribution in [0.1, 0.15) is 31.0 Å². The molecule has 0 radical (unpaired) electrons. The first kappa shape index (κ1) is 28.4. The summed E-state index contributed by atoms with van der Waals surface area (Å²) in [6, 6.07) is 29.7. The number of benzene rings is 4. The third-order valence-corrected chi connectivity index (χ3v) is 7.12. The first-order chi connectivity index (χ1) is 19.4. The molecule has 4 aromatic carbocycles. The number of anilines is 2. The number of carbonyl (C=O) groups is 2. The average molecular weight is 556 g/mol. The van der Waals surface area contributed by atoms with Crippen molar-refractivity contribution in [3.05, 3.63) is 124 Å². The van der Waals surface area contributed by atoms with Gasteiger partial charge in [0.25, 0.3) is 5.69 Å². The van der Waals surface area contributed by atoms with E-state index in [1.165, 1.54) is 22.7 Å². The fraction of sp³-hybridized carbons (Fsp3) is 0.161. The van der Waals surface area contributed by atoms with Crippen LogP contribution in [0.5, 0.6) is 0 Å². The molecule has 8 nitrogen and oxygen atoms in total. The molecule has 0 bridgehead atoms. The predicted molar refractivity (Wildman–Crippen MR) is 157 cm³/mol. The highest BCUT2D eigenvalue weighted by molar-refractivity contribution is 7.99. The van der Waals surface area contributed by atoms with E-state index in [-0.39, 0.29) is 23.8 Å². The number of nitro benzene ring substituents is 1. The smallest absolute Gasteiger partial charge is 0.327 e. The van der Waals surface area contributed by atoms with Gasteiger partial charge >= 0.3 is 12.0 Å². The van der Waals surface area contributed by atoms with Crippen molar-refractivity contribution in [2.24, 2.45) is 0 Å². The van der Waals surface area contributed by atoms with Gasteiger partial charge in [-0.15, -0.1) is 0 Å². The largest absolute Gasteiger partial charge is 0.466 e. The number of carbonyl (C=O) groups excluding carboxylic acids is 2. The summed E-state index contributed by atoms with van der Waals surface area (Å²) in [7, 11) is 0. The van der Waals surface area contributed by atoms with Crippen LogP contribution in [-0.4, -0.2) is 23.5 Å². The fourth-order valence-corrected chi connectivity index (χ4v) is 5.08. The quantitative estimate of drug-likeness (QED) is 0.122. The Hall–Kier alpha value is -4.63. The van der Waals surface area contributed by atoms with E-state index in [2.05, 4.69) is 5.32 Å². The molecule has 0 aliphatic carbocycles. The van der Waals surface area contributed by atoms with Gasteiger partial charge in [0.05, 0.1) is 24.0 Å². The van der Waals surface area contributed by atoms with Crippen LogP contribution >= 0.6 is 11.8 Å². The first-order valence-corrected chi connectivity index (χ1v) is 13.6. The van der Waals surface area contributed by atoms with E-state index < -0.39 is 17.0 Å². The normalized spacial score (nSPS) is 11.3. The van der Waals surface area contributed by atoms with Crippen LogP contribution in [-0.2, 0) is 16.0 Å². The Morgan fingerprint density at radius 2 is 1.62 bits per heavy atom. The second kappa shape index (κ2) is 13.4. The molecule has 0 aliphatic rings. The molecule has 1 unspecified atom stereocenters. The third-order valence-electron chi connectivity index (χ3n) is 6.12. The molecule has 0 heterocycles. The van der Waals surface area contributed by atoms with Crippen molar-refractivity contribution in [2.45, 2.75) is 36.1 Å². The van der Waals surface area contributed by atoms with Crippen LogP contribution in [0.2, 0.25) is 0 Å². The van der Waals surface area contributed by atoms with Gasteiger partial charge in [0, 0.05) is 21.5 Å². The van der Waals surface area contributed by atoms with E-state index in [9.17, 15) is 19.7 Å². The van der Waals surface area contributed by atoms with Gasteiger partial charge in [0.2, 0.25) is 0 Å². The summed E-state index contributed by atoms with van der Waals surface area (Å²) in [5.41, 5.74) is 2.31. The fourth-order valence-electron chi connectivity index (χ4n) is 4.21. The summed E-state index contributed by atoms with van der Waals surface area (Å²) >= 11 is 1.51. The standard InChI is InChI=1S/C31H29N3O5S/c1-3-39-30(35)20-23-16-18-26(19-17-23)40-27-13-9-12-25(21-27)32-31(36)33(22(2)24-10-5-4-6-11-24)28-14-7-8-15-29(28)34(37)38/h4-19,21-22H,3,20H2,1-2H3,(H,32,36). The van der Waals surface area contributed by atoms with Crippen molar-refractivity contribution < 1.29 is 19.2 Å². The Morgan fingerprint density at radius 1 is 0.925 bits per heavy atom. The van der Waals surface area contributed by atoms with E-state index in [0.717, 1.165) is 20.9 Å². The van der Waals surface area contributed by atoms with Crippen molar-refractivity contribution >= 4 is 40.8 Å². The van der Waals surface area contributed by atoms with Crippen molar-refractivity contribution in [3.8, 4) is 0 Å². The Morgan fingerprint density at radius 3 is 2.33 bits per heavy atom. The van der Waals surface area contributed by atoms with Crippen LogP contribution < -0.4 is 10.2 Å². The minimum Gasteiger partial charge on any atom is -0.466 e. The summed E-state index contributed by atoms with van der Waals surface area (Å²) in [5, 5.41) is 14.7. The SMILES string of the molecule is CCOC(=O)Cc1ccc(Sc2cccc(NC(=O)N(c3ccccc3[N+](=O)[O-])C(C)c3ccccc3)c2)cc1. The number of ether oxygens (including phenoxy) is 1. The van der Waals surface area contributed by atoms with Gasteiger partial charge < -0.3 is 10.1 Å². The lowest BCUT2D eigenvalue weighted by molar-refractivity contribution is -0.384. The third kappa shape index (κ3) is 7.27. The number of esters is 1. The molecule has 204 valence electrons. The maximum absolute atomic E-state index is 13.7. The second-order valence-corrected chi connectivity index (χ2v) is 10.0. The highest BCUT2D eigenvalue weighted by Gasteiger charge is 2.29. The van der Waals surface area contributed by atoms with E-state index in [1.807, 2.05) is 79.7 Å². The van der Waals surface area contributed by atoms with Crippen molar-refractivity contribution in [1.29, 1.82) is 0 Å². The minimum absolute atomic E-state index is 0.156. The van der Waals surface area contributed by atoms with E-state index in [4.69, 9.17) is 4.74 Å². The van der Waals surface area contributed by atoms with Crippen LogP contribution in [0.4, 0.5) is 21.9 Å². The molecular weight excluding hydrogens is 526 g/mol. The molecule has 0 spiro atoms. The lowest BCUT2D eigenvalue weighted by atomic mass is 10.1. The molecule has 0 saturated heterocycles. The second-order valence-electron chi connectivity index (χ2n) is 8.89. The predicted octanol–water partition coefficient (Wildman–Crippen LogP) is 7.65. The van der Waals surface area contributed by atoms with Crippen LogP contribution in [0.25, 0.3) is 0 Å².